The Kier molecular flexibility index (Phi) is 4.38. The molecule has 0 aliphatic carbocycles. The zero-order valence-electron chi connectivity index (χ0n) is 10.1. The molecule has 0 fully saturated rings. The monoisotopic (exact) mass is 248 g/mol. The highest BCUT2D eigenvalue weighted by Gasteiger charge is 2.22. The number of benzene rings is 1. The SMILES string of the molecule is CCc1cc(C#N)cc(CC(=O)OC)c1[N+](=O)[O-]. The van der Waals surface area contributed by atoms with Crippen LogP contribution in [-0.2, 0) is 22.4 Å². The molecule has 0 N–H and O–H groups in total. The van der Waals surface area contributed by atoms with Crippen molar-refractivity contribution >= 4 is 11.7 Å². The third-order valence-electron chi connectivity index (χ3n) is 2.52. The van der Waals surface area contributed by atoms with Crippen LogP contribution in [0, 0.1) is 21.4 Å². The Morgan fingerprint density at radius 1 is 1.50 bits per heavy atom. The normalized spacial score (nSPS) is 9.61. The number of nitrogens with zero attached hydrogens (tertiary/aromatic N) is 2. The second kappa shape index (κ2) is 5.77. The average Bonchev–Trinajstić information content (AvgIpc) is 2.36. The fraction of sp³-hybridized carbons (Fsp3) is 0.333. The van der Waals surface area contributed by atoms with Crippen molar-refractivity contribution in [3.05, 3.63) is 38.9 Å². The first-order valence-electron chi connectivity index (χ1n) is 5.30. The molecule has 0 aromatic heterocycles. The van der Waals surface area contributed by atoms with Crippen molar-refractivity contribution in [2.45, 2.75) is 19.8 Å². The van der Waals surface area contributed by atoms with Gasteiger partial charge in [0.25, 0.3) is 5.69 Å². The van der Waals surface area contributed by atoms with Gasteiger partial charge in [0.1, 0.15) is 0 Å². The van der Waals surface area contributed by atoms with E-state index in [0.717, 1.165) is 0 Å². The maximum absolute atomic E-state index is 11.2. The highest BCUT2D eigenvalue weighted by Crippen LogP contribution is 2.27. The lowest BCUT2D eigenvalue weighted by molar-refractivity contribution is -0.386. The number of carbonyl (C=O) groups excluding carboxylic acids is 1. The Morgan fingerprint density at radius 3 is 2.56 bits per heavy atom. The van der Waals surface area contributed by atoms with Crippen LogP contribution in [0.1, 0.15) is 23.6 Å². The number of esters is 1. The van der Waals surface area contributed by atoms with Crippen LogP contribution in [0.25, 0.3) is 0 Å². The van der Waals surface area contributed by atoms with Crippen molar-refractivity contribution in [1.29, 1.82) is 5.26 Å². The molecular weight excluding hydrogens is 236 g/mol. The first-order chi connectivity index (χ1) is 8.53. The third-order valence-corrected chi connectivity index (χ3v) is 2.52. The molecule has 0 amide bonds. The summed E-state index contributed by atoms with van der Waals surface area (Å²) >= 11 is 0. The average molecular weight is 248 g/mol. The molecular formula is C12H12N2O4. The predicted molar refractivity (Wildman–Crippen MR) is 62.9 cm³/mol. The zero-order chi connectivity index (χ0) is 13.7. The van der Waals surface area contributed by atoms with Gasteiger partial charge in [-0.1, -0.05) is 6.92 Å². The van der Waals surface area contributed by atoms with Crippen LogP contribution < -0.4 is 0 Å². The number of aryl methyl sites for hydroxylation is 1. The van der Waals surface area contributed by atoms with Gasteiger partial charge in [0.2, 0.25) is 0 Å². The minimum atomic E-state index is -0.574. The molecule has 18 heavy (non-hydrogen) atoms. The lowest BCUT2D eigenvalue weighted by atomic mass is 9.99. The number of rotatable bonds is 4. The fourth-order valence-corrected chi connectivity index (χ4v) is 1.69. The molecule has 6 heteroatoms. The first kappa shape index (κ1) is 13.6. The molecule has 0 atom stereocenters. The van der Waals surface area contributed by atoms with Gasteiger partial charge in [-0.05, 0) is 18.6 Å². The van der Waals surface area contributed by atoms with Crippen LogP contribution in [0.15, 0.2) is 12.1 Å². The van der Waals surface area contributed by atoms with Crippen LogP contribution in [0.5, 0.6) is 0 Å². The quantitative estimate of drug-likeness (QED) is 0.459. The van der Waals surface area contributed by atoms with Gasteiger partial charge in [-0.2, -0.15) is 5.26 Å². The molecule has 1 rings (SSSR count). The van der Waals surface area contributed by atoms with Gasteiger partial charge in [-0.3, -0.25) is 14.9 Å². The van der Waals surface area contributed by atoms with Crippen molar-refractivity contribution in [3.63, 3.8) is 0 Å². The number of nitro groups is 1. The molecule has 0 bridgehead atoms. The Bertz CT molecular complexity index is 532. The molecule has 0 unspecified atom stereocenters. The van der Waals surface area contributed by atoms with E-state index in [1.54, 1.807) is 6.92 Å². The first-order valence-corrected chi connectivity index (χ1v) is 5.30. The molecule has 0 aliphatic rings. The number of methoxy groups -OCH3 is 1. The van der Waals surface area contributed by atoms with Crippen LogP contribution >= 0.6 is 0 Å². The second-order valence-electron chi connectivity index (χ2n) is 3.62. The zero-order valence-corrected chi connectivity index (χ0v) is 10.1. The summed E-state index contributed by atoms with van der Waals surface area (Å²) in [4.78, 5) is 21.7. The molecule has 94 valence electrons. The Hall–Kier alpha value is -2.42. The van der Waals surface area contributed by atoms with Gasteiger partial charge in [0.15, 0.2) is 0 Å². The van der Waals surface area contributed by atoms with E-state index in [0.29, 0.717) is 17.5 Å². The van der Waals surface area contributed by atoms with Crippen molar-refractivity contribution in [3.8, 4) is 6.07 Å². The molecule has 0 spiro atoms. The molecule has 0 saturated heterocycles. The molecule has 1 aromatic carbocycles. The van der Waals surface area contributed by atoms with E-state index in [1.165, 1.54) is 19.2 Å². The summed E-state index contributed by atoms with van der Waals surface area (Å²) in [7, 11) is 1.21. The van der Waals surface area contributed by atoms with Gasteiger partial charge in [0, 0.05) is 11.1 Å². The molecule has 0 radical (unpaired) electrons. The number of nitro benzene ring substituents is 1. The predicted octanol–water partition coefficient (Wildman–Crippen LogP) is 1.74. The van der Waals surface area contributed by atoms with Crippen LogP contribution in [0.2, 0.25) is 0 Å². The van der Waals surface area contributed by atoms with Crippen molar-refractivity contribution in [1.82, 2.24) is 0 Å². The Morgan fingerprint density at radius 2 is 2.11 bits per heavy atom. The molecule has 0 saturated carbocycles. The highest BCUT2D eigenvalue weighted by atomic mass is 16.6. The Balaban J connectivity index is 3.40. The van der Waals surface area contributed by atoms with Gasteiger partial charge in [0.05, 0.1) is 30.1 Å². The molecule has 6 nitrogen and oxygen atoms in total. The van der Waals surface area contributed by atoms with E-state index in [4.69, 9.17) is 5.26 Å². The Labute approximate surface area is 104 Å². The van der Waals surface area contributed by atoms with E-state index in [-0.39, 0.29) is 17.7 Å². The number of hydrogen-bond acceptors (Lipinski definition) is 5. The highest BCUT2D eigenvalue weighted by molar-refractivity contribution is 5.75. The number of ether oxygens (including phenoxy) is 1. The largest absolute Gasteiger partial charge is 0.469 e. The molecule has 0 heterocycles. The van der Waals surface area contributed by atoms with Crippen molar-refractivity contribution in [2.24, 2.45) is 0 Å². The van der Waals surface area contributed by atoms with E-state index in [2.05, 4.69) is 4.74 Å². The van der Waals surface area contributed by atoms with Gasteiger partial charge >= 0.3 is 5.97 Å². The van der Waals surface area contributed by atoms with Crippen LogP contribution in [0.4, 0.5) is 5.69 Å². The lowest BCUT2D eigenvalue weighted by Gasteiger charge is -2.07. The molecule has 0 aliphatic heterocycles. The van der Waals surface area contributed by atoms with Gasteiger partial charge < -0.3 is 4.74 Å². The second-order valence-corrected chi connectivity index (χ2v) is 3.62. The lowest BCUT2D eigenvalue weighted by Crippen LogP contribution is -2.09. The minimum Gasteiger partial charge on any atom is -0.469 e. The van der Waals surface area contributed by atoms with Gasteiger partial charge in [-0.15, -0.1) is 0 Å². The summed E-state index contributed by atoms with van der Waals surface area (Å²) in [5.74, 6) is -0.574. The summed E-state index contributed by atoms with van der Waals surface area (Å²) in [5, 5.41) is 19.9. The van der Waals surface area contributed by atoms with E-state index in [9.17, 15) is 14.9 Å². The maximum Gasteiger partial charge on any atom is 0.310 e. The number of nitriles is 1. The van der Waals surface area contributed by atoms with Crippen LogP contribution in [-0.4, -0.2) is 18.0 Å². The van der Waals surface area contributed by atoms with Gasteiger partial charge in [-0.25, -0.2) is 0 Å². The molecule has 1 aromatic rings. The van der Waals surface area contributed by atoms with E-state index in [1.807, 2.05) is 6.07 Å². The van der Waals surface area contributed by atoms with E-state index >= 15 is 0 Å². The van der Waals surface area contributed by atoms with Crippen molar-refractivity contribution < 1.29 is 14.5 Å². The van der Waals surface area contributed by atoms with Crippen LogP contribution in [0.3, 0.4) is 0 Å². The summed E-state index contributed by atoms with van der Waals surface area (Å²) in [6.07, 6.45) is 0.204. The topological polar surface area (TPSA) is 93.2 Å². The summed E-state index contributed by atoms with van der Waals surface area (Å²) < 4.78 is 4.49. The third kappa shape index (κ3) is 2.83. The van der Waals surface area contributed by atoms with Crippen molar-refractivity contribution in [2.75, 3.05) is 7.11 Å². The maximum atomic E-state index is 11.2. The minimum absolute atomic E-state index is 0.109. The summed E-state index contributed by atoms with van der Waals surface area (Å²) in [6, 6.07) is 4.75. The summed E-state index contributed by atoms with van der Waals surface area (Å²) in [5.41, 5.74) is 0.846. The summed E-state index contributed by atoms with van der Waals surface area (Å²) in [6.45, 7) is 1.76. The van der Waals surface area contributed by atoms with E-state index < -0.39 is 10.9 Å². The fourth-order valence-electron chi connectivity index (χ4n) is 1.69. The standard InChI is InChI=1S/C12H12N2O4/c1-3-9-4-8(7-13)5-10(6-11(15)18-2)12(9)14(16)17/h4-5H,3,6H2,1-2H3. The number of hydrogen-bond donors (Lipinski definition) is 0. The number of carbonyl (C=O) groups is 1. The smallest absolute Gasteiger partial charge is 0.310 e.